The fraction of sp³-hybridized carbons (Fsp3) is 0.167. The first-order valence-electron chi connectivity index (χ1n) is 4.99. The summed E-state index contributed by atoms with van der Waals surface area (Å²) in [6, 6.07) is 10.1. The van der Waals surface area contributed by atoms with E-state index in [-0.39, 0.29) is 0 Å². The van der Waals surface area contributed by atoms with Gasteiger partial charge in [0.25, 0.3) is 0 Å². The maximum absolute atomic E-state index is 4.52. The fourth-order valence-corrected chi connectivity index (χ4v) is 1.80. The quantitative estimate of drug-likeness (QED) is 0.651. The zero-order valence-corrected chi connectivity index (χ0v) is 10.1. The summed E-state index contributed by atoms with van der Waals surface area (Å²) in [5.41, 5.74) is 3.00. The topological polar surface area (TPSA) is 37.8 Å². The highest BCUT2D eigenvalue weighted by Crippen LogP contribution is 2.26. The Morgan fingerprint density at radius 1 is 1.19 bits per heavy atom. The summed E-state index contributed by atoms with van der Waals surface area (Å²) in [5, 5.41) is 3.90. The molecule has 0 saturated carbocycles. The van der Waals surface area contributed by atoms with E-state index in [0.29, 0.717) is 0 Å². The molecule has 2 rings (SSSR count). The summed E-state index contributed by atoms with van der Waals surface area (Å²) in [7, 11) is 1.88. The van der Waals surface area contributed by atoms with Crippen molar-refractivity contribution in [3.8, 4) is 11.3 Å². The van der Waals surface area contributed by atoms with Gasteiger partial charge in [0, 0.05) is 12.6 Å². The van der Waals surface area contributed by atoms with Crippen molar-refractivity contribution < 1.29 is 0 Å². The van der Waals surface area contributed by atoms with Crippen LogP contribution in [-0.4, -0.2) is 23.3 Å². The smallest absolute Gasteiger partial charge is 0.187 e. The van der Waals surface area contributed by atoms with Crippen LogP contribution >= 0.6 is 11.8 Å². The molecule has 0 bridgehead atoms. The number of anilines is 1. The Kier molecular flexibility index (Phi) is 3.41. The number of benzene rings is 1. The summed E-state index contributed by atoms with van der Waals surface area (Å²) < 4.78 is 0. The van der Waals surface area contributed by atoms with Gasteiger partial charge in [0.1, 0.15) is 0 Å². The Morgan fingerprint density at radius 2 is 1.94 bits per heavy atom. The number of rotatable bonds is 3. The largest absolute Gasteiger partial charge is 0.385 e. The van der Waals surface area contributed by atoms with E-state index >= 15 is 0 Å². The molecule has 16 heavy (non-hydrogen) atoms. The average molecular weight is 231 g/mol. The van der Waals surface area contributed by atoms with Gasteiger partial charge < -0.3 is 5.32 Å². The van der Waals surface area contributed by atoms with E-state index < -0.39 is 0 Å². The molecule has 0 radical (unpaired) electrons. The van der Waals surface area contributed by atoms with E-state index in [1.165, 1.54) is 0 Å². The van der Waals surface area contributed by atoms with Gasteiger partial charge in [0.05, 0.1) is 17.6 Å². The average Bonchev–Trinajstić information content (AvgIpc) is 2.39. The van der Waals surface area contributed by atoms with Crippen molar-refractivity contribution in [3.05, 3.63) is 36.5 Å². The molecule has 0 fully saturated rings. The van der Waals surface area contributed by atoms with Crippen LogP contribution in [0.3, 0.4) is 0 Å². The van der Waals surface area contributed by atoms with Crippen LogP contribution in [0.25, 0.3) is 11.3 Å². The third kappa shape index (κ3) is 2.17. The molecule has 0 aliphatic carbocycles. The predicted octanol–water partition coefficient (Wildman–Crippen LogP) is 2.91. The van der Waals surface area contributed by atoms with E-state index in [4.69, 9.17) is 0 Å². The van der Waals surface area contributed by atoms with Crippen molar-refractivity contribution in [2.75, 3.05) is 18.6 Å². The Morgan fingerprint density at radius 3 is 2.56 bits per heavy atom. The van der Waals surface area contributed by atoms with Crippen LogP contribution in [0.15, 0.2) is 41.7 Å². The molecular weight excluding hydrogens is 218 g/mol. The van der Waals surface area contributed by atoms with Gasteiger partial charge in [-0.05, 0) is 6.26 Å². The van der Waals surface area contributed by atoms with Crippen LogP contribution in [0.1, 0.15) is 0 Å². The summed E-state index contributed by atoms with van der Waals surface area (Å²) in [6.07, 6.45) is 3.80. The first-order chi connectivity index (χ1) is 7.85. The number of aromatic nitrogens is 2. The third-order valence-corrected chi connectivity index (χ3v) is 2.83. The summed E-state index contributed by atoms with van der Waals surface area (Å²) >= 11 is 1.55. The molecule has 1 N–H and O–H groups in total. The zero-order chi connectivity index (χ0) is 11.4. The fourth-order valence-electron chi connectivity index (χ4n) is 1.46. The van der Waals surface area contributed by atoms with E-state index in [2.05, 4.69) is 15.3 Å². The minimum absolute atomic E-state index is 0.790. The molecule has 2 aromatic rings. The van der Waals surface area contributed by atoms with E-state index in [0.717, 1.165) is 22.1 Å². The van der Waals surface area contributed by atoms with Crippen molar-refractivity contribution in [3.63, 3.8) is 0 Å². The third-order valence-electron chi connectivity index (χ3n) is 2.27. The molecule has 1 aromatic carbocycles. The van der Waals surface area contributed by atoms with E-state index in [9.17, 15) is 0 Å². The van der Waals surface area contributed by atoms with Crippen molar-refractivity contribution in [1.29, 1.82) is 0 Å². The minimum atomic E-state index is 0.790. The second-order valence-electron chi connectivity index (χ2n) is 3.24. The minimum Gasteiger partial charge on any atom is -0.385 e. The van der Waals surface area contributed by atoms with Crippen LogP contribution in [0.2, 0.25) is 0 Å². The normalized spacial score (nSPS) is 10.1. The number of nitrogens with zero attached hydrogens (tertiary/aromatic N) is 2. The molecule has 1 heterocycles. The zero-order valence-electron chi connectivity index (χ0n) is 9.27. The van der Waals surface area contributed by atoms with Crippen molar-refractivity contribution in [1.82, 2.24) is 9.97 Å². The lowest BCUT2D eigenvalue weighted by molar-refractivity contribution is 0.977. The second-order valence-corrected chi connectivity index (χ2v) is 4.01. The molecule has 82 valence electrons. The van der Waals surface area contributed by atoms with Gasteiger partial charge in [0.15, 0.2) is 5.16 Å². The molecule has 0 aliphatic rings. The SMILES string of the molecule is CNc1cnc(SC)nc1-c1ccccc1. The Hall–Kier alpha value is -1.55. The number of hydrogen-bond acceptors (Lipinski definition) is 4. The molecule has 0 saturated heterocycles. The summed E-state index contributed by atoms with van der Waals surface area (Å²) in [5.74, 6) is 0. The maximum Gasteiger partial charge on any atom is 0.187 e. The molecule has 0 aliphatic heterocycles. The van der Waals surface area contributed by atoms with Crippen molar-refractivity contribution >= 4 is 17.4 Å². The van der Waals surface area contributed by atoms with Gasteiger partial charge in [-0.2, -0.15) is 0 Å². The lowest BCUT2D eigenvalue weighted by atomic mass is 10.1. The van der Waals surface area contributed by atoms with Gasteiger partial charge in [-0.25, -0.2) is 9.97 Å². The second kappa shape index (κ2) is 4.99. The van der Waals surface area contributed by atoms with Gasteiger partial charge in [-0.1, -0.05) is 42.1 Å². The summed E-state index contributed by atoms with van der Waals surface area (Å²) in [4.78, 5) is 8.77. The highest BCUT2D eigenvalue weighted by Gasteiger charge is 2.07. The molecule has 0 atom stereocenters. The van der Waals surface area contributed by atoms with Crippen LogP contribution in [0.4, 0.5) is 5.69 Å². The Bertz CT molecular complexity index is 471. The molecule has 0 amide bonds. The van der Waals surface area contributed by atoms with Crippen molar-refractivity contribution in [2.45, 2.75) is 5.16 Å². The maximum atomic E-state index is 4.52. The van der Waals surface area contributed by atoms with Gasteiger partial charge in [-0.3, -0.25) is 0 Å². The number of hydrogen-bond donors (Lipinski definition) is 1. The molecular formula is C12H13N3S. The Balaban J connectivity index is 2.53. The molecule has 0 spiro atoms. The van der Waals surface area contributed by atoms with Gasteiger partial charge >= 0.3 is 0 Å². The monoisotopic (exact) mass is 231 g/mol. The standard InChI is InChI=1S/C12H13N3S/c1-13-10-8-14-12(16-2)15-11(10)9-6-4-3-5-7-9/h3-8,13H,1-2H3. The van der Waals surface area contributed by atoms with Gasteiger partial charge in [0.2, 0.25) is 0 Å². The molecule has 3 nitrogen and oxygen atoms in total. The van der Waals surface area contributed by atoms with Crippen molar-refractivity contribution in [2.24, 2.45) is 0 Å². The molecule has 1 aromatic heterocycles. The van der Waals surface area contributed by atoms with Crippen LogP contribution in [-0.2, 0) is 0 Å². The number of nitrogens with one attached hydrogen (secondary N) is 1. The van der Waals surface area contributed by atoms with E-state index in [1.807, 2.05) is 49.8 Å². The molecule has 0 unspecified atom stereocenters. The lowest BCUT2D eigenvalue weighted by Gasteiger charge is -2.08. The van der Waals surface area contributed by atoms with Crippen LogP contribution in [0.5, 0.6) is 0 Å². The van der Waals surface area contributed by atoms with Crippen LogP contribution < -0.4 is 5.32 Å². The lowest BCUT2D eigenvalue weighted by Crippen LogP contribution is -1.97. The number of thioether (sulfide) groups is 1. The van der Waals surface area contributed by atoms with Gasteiger partial charge in [-0.15, -0.1) is 0 Å². The first kappa shape index (κ1) is 11.0. The highest BCUT2D eigenvalue weighted by molar-refractivity contribution is 7.98. The Labute approximate surface area is 99.3 Å². The predicted molar refractivity (Wildman–Crippen MR) is 68.8 cm³/mol. The molecule has 4 heteroatoms. The summed E-state index contributed by atoms with van der Waals surface area (Å²) in [6.45, 7) is 0. The van der Waals surface area contributed by atoms with E-state index in [1.54, 1.807) is 11.8 Å². The highest BCUT2D eigenvalue weighted by atomic mass is 32.2. The van der Waals surface area contributed by atoms with Crippen LogP contribution in [0, 0.1) is 0 Å². The first-order valence-corrected chi connectivity index (χ1v) is 6.22.